The third kappa shape index (κ3) is 2.32. The molecule has 7 nitrogen and oxygen atoms in total. The number of fused-ring (bicyclic) bond motifs is 2. The summed E-state index contributed by atoms with van der Waals surface area (Å²) in [6.07, 6.45) is 0. The fraction of sp³-hybridized carbons (Fsp3) is 0.222. The maximum Gasteiger partial charge on any atom is 0.198 e. The highest BCUT2D eigenvalue weighted by Crippen LogP contribution is 2.44. The number of phenolic OH excluding ortho intramolecular Hbond substituents is 2. The van der Waals surface area contributed by atoms with Gasteiger partial charge >= 0.3 is 0 Å². The number of ether oxygens (including phenoxy) is 3. The summed E-state index contributed by atoms with van der Waals surface area (Å²) in [6, 6.07) is 4.12. The fourth-order valence-corrected chi connectivity index (χ4v) is 3.00. The summed E-state index contributed by atoms with van der Waals surface area (Å²) in [4.78, 5) is 25.8. The van der Waals surface area contributed by atoms with Gasteiger partial charge in [0.1, 0.15) is 11.5 Å². The number of methoxy groups -OCH3 is 3. The molecule has 130 valence electrons. The molecule has 0 atom stereocenters. The summed E-state index contributed by atoms with van der Waals surface area (Å²) in [6.45, 7) is -0.106. The van der Waals surface area contributed by atoms with Gasteiger partial charge in [0.15, 0.2) is 23.1 Å². The van der Waals surface area contributed by atoms with E-state index in [1.165, 1.54) is 33.5 Å². The van der Waals surface area contributed by atoms with E-state index in [0.29, 0.717) is 5.75 Å². The lowest BCUT2D eigenvalue weighted by Gasteiger charge is -2.23. The van der Waals surface area contributed by atoms with E-state index in [4.69, 9.17) is 14.2 Å². The predicted molar refractivity (Wildman–Crippen MR) is 86.9 cm³/mol. The van der Waals surface area contributed by atoms with Gasteiger partial charge in [-0.1, -0.05) is 0 Å². The molecular formula is C18H16O7. The Labute approximate surface area is 143 Å². The smallest absolute Gasteiger partial charge is 0.198 e. The number of ketones is 2. The molecule has 0 saturated heterocycles. The first kappa shape index (κ1) is 16.8. The fourth-order valence-electron chi connectivity index (χ4n) is 3.00. The molecule has 0 aliphatic heterocycles. The highest BCUT2D eigenvalue weighted by Gasteiger charge is 2.37. The van der Waals surface area contributed by atoms with Crippen LogP contribution >= 0.6 is 0 Å². The van der Waals surface area contributed by atoms with Crippen molar-refractivity contribution in [2.24, 2.45) is 0 Å². The van der Waals surface area contributed by atoms with Crippen LogP contribution in [0.1, 0.15) is 37.4 Å². The van der Waals surface area contributed by atoms with Crippen LogP contribution in [-0.2, 0) is 11.3 Å². The highest BCUT2D eigenvalue weighted by molar-refractivity contribution is 6.30. The molecule has 2 N–H and O–H groups in total. The molecule has 0 radical (unpaired) electrons. The maximum absolute atomic E-state index is 12.9. The minimum Gasteiger partial charge on any atom is -0.507 e. The zero-order chi connectivity index (χ0) is 18.3. The third-order valence-electron chi connectivity index (χ3n) is 4.16. The first-order valence-corrected chi connectivity index (χ1v) is 7.37. The van der Waals surface area contributed by atoms with Crippen LogP contribution in [0.2, 0.25) is 0 Å². The molecule has 0 amide bonds. The Morgan fingerprint density at radius 3 is 2.20 bits per heavy atom. The average molecular weight is 344 g/mol. The van der Waals surface area contributed by atoms with Crippen molar-refractivity contribution in [1.29, 1.82) is 0 Å². The minimum atomic E-state index is -0.546. The molecule has 0 spiro atoms. The van der Waals surface area contributed by atoms with E-state index in [9.17, 15) is 19.8 Å². The molecule has 2 aromatic carbocycles. The Kier molecular flexibility index (Phi) is 4.10. The summed E-state index contributed by atoms with van der Waals surface area (Å²) < 4.78 is 15.3. The van der Waals surface area contributed by atoms with Crippen molar-refractivity contribution in [3.8, 4) is 23.0 Å². The zero-order valence-electron chi connectivity index (χ0n) is 13.9. The quantitative estimate of drug-likeness (QED) is 0.746. The lowest BCUT2D eigenvalue weighted by atomic mass is 9.81. The number of carbonyl (C=O) groups is 2. The van der Waals surface area contributed by atoms with Gasteiger partial charge in [0.2, 0.25) is 0 Å². The van der Waals surface area contributed by atoms with E-state index in [2.05, 4.69) is 0 Å². The van der Waals surface area contributed by atoms with Gasteiger partial charge in [-0.3, -0.25) is 9.59 Å². The number of rotatable bonds is 4. The van der Waals surface area contributed by atoms with Crippen molar-refractivity contribution in [3.05, 3.63) is 46.0 Å². The number of phenols is 2. The first-order chi connectivity index (χ1) is 12.0. The lowest BCUT2D eigenvalue weighted by Crippen LogP contribution is -2.22. The van der Waals surface area contributed by atoms with Crippen LogP contribution in [0.3, 0.4) is 0 Å². The van der Waals surface area contributed by atoms with Crippen molar-refractivity contribution in [3.63, 3.8) is 0 Å². The third-order valence-corrected chi connectivity index (χ3v) is 4.16. The standard InChI is InChI=1S/C18H16O7/c1-23-7-10-11(19)6-9-13(17(10)22)15(20)8-4-5-12(24-2)18(25-3)14(8)16(9)21/h4-6,19,22H,7H2,1-3H3. The Morgan fingerprint density at radius 1 is 0.920 bits per heavy atom. The molecule has 1 aliphatic carbocycles. The first-order valence-electron chi connectivity index (χ1n) is 7.37. The van der Waals surface area contributed by atoms with Crippen molar-refractivity contribution in [2.75, 3.05) is 21.3 Å². The number of hydrogen-bond acceptors (Lipinski definition) is 7. The molecule has 0 bridgehead atoms. The van der Waals surface area contributed by atoms with Crippen molar-refractivity contribution < 1.29 is 34.0 Å². The van der Waals surface area contributed by atoms with Gasteiger partial charge in [-0.05, 0) is 18.2 Å². The van der Waals surface area contributed by atoms with E-state index in [1.54, 1.807) is 0 Å². The van der Waals surface area contributed by atoms with Gasteiger partial charge in [0, 0.05) is 18.2 Å². The van der Waals surface area contributed by atoms with Crippen molar-refractivity contribution >= 4 is 11.6 Å². The Morgan fingerprint density at radius 2 is 1.60 bits per heavy atom. The van der Waals surface area contributed by atoms with Crippen LogP contribution in [0.5, 0.6) is 23.0 Å². The van der Waals surface area contributed by atoms with Crippen LogP contribution in [0, 0.1) is 0 Å². The molecule has 0 aromatic heterocycles. The van der Waals surface area contributed by atoms with Gasteiger partial charge in [-0.15, -0.1) is 0 Å². The summed E-state index contributed by atoms with van der Waals surface area (Å²) in [5.74, 6) is -1.45. The minimum absolute atomic E-state index is 0.0395. The molecule has 25 heavy (non-hydrogen) atoms. The second-order valence-electron chi connectivity index (χ2n) is 5.46. The number of aromatic hydroxyl groups is 2. The highest BCUT2D eigenvalue weighted by atomic mass is 16.5. The van der Waals surface area contributed by atoms with Crippen LogP contribution in [0.15, 0.2) is 18.2 Å². The molecule has 0 saturated carbocycles. The predicted octanol–water partition coefficient (Wildman–Crippen LogP) is 2.04. The molecule has 0 fully saturated rings. The summed E-state index contributed by atoms with van der Waals surface area (Å²) in [5.41, 5.74) is -0.0723. The SMILES string of the molecule is COCc1c(O)cc2c(c1O)C(=O)c1ccc(OC)c(OC)c1C2=O. The monoisotopic (exact) mass is 344 g/mol. The molecule has 7 heteroatoms. The molecule has 1 aliphatic rings. The van der Waals surface area contributed by atoms with E-state index in [1.807, 2.05) is 0 Å². The Balaban J connectivity index is 2.32. The van der Waals surface area contributed by atoms with E-state index >= 15 is 0 Å². The normalized spacial score (nSPS) is 12.6. The zero-order valence-corrected chi connectivity index (χ0v) is 13.9. The molecular weight excluding hydrogens is 328 g/mol. The van der Waals surface area contributed by atoms with Crippen LogP contribution in [0.4, 0.5) is 0 Å². The van der Waals surface area contributed by atoms with Crippen molar-refractivity contribution in [2.45, 2.75) is 6.61 Å². The van der Waals surface area contributed by atoms with Gasteiger partial charge in [-0.25, -0.2) is 0 Å². The summed E-state index contributed by atoms with van der Waals surface area (Å²) >= 11 is 0. The van der Waals surface area contributed by atoms with E-state index < -0.39 is 17.3 Å². The topological polar surface area (TPSA) is 102 Å². The number of carbonyl (C=O) groups excluding carboxylic acids is 2. The number of benzene rings is 2. The van der Waals surface area contributed by atoms with Gasteiger partial charge in [-0.2, -0.15) is 0 Å². The van der Waals surface area contributed by atoms with Crippen LogP contribution < -0.4 is 9.47 Å². The second-order valence-corrected chi connectivity index (χ2v) is 5.46. The molecule has 0 unspecified atom stereocenters. The molecule has 2 aromatic rings. The average Bonchev–Trinajstić information content (AvgIpc) is 2.61. The van der Waals surface area contributed by atoms with Crippen molar-refractivity contribution in [1.82, 2.24) is 0 Å². The van der Waals surface area contributed by atoms with Crippen LogP contribution in [-0.4, -0.2) is 43.1 Å². The van der Waals surface area contributed by atoms with E-state index in [-0.39, 0.29) is 45.9 Å². The van der Waals surface area contributed by atoms with Crippen LogP contribution in [0.25, 0.3) is 0 Å². The Bertz CT molecular complexity index is 899. The summed E-state index contributed by atoms with van der Waals surface area (Å²) in [7, 11) is 4.17. The number of hydrogen-bond donors (Lipinski definition) is 2. The molecule has 0 heterocycles. The summed E-state index contributed by atoms with van der Waals surface area (Å²) in [5, 5.41) is 20.5. The lowest BCUT2D eigenvalue weighted by molar-refractivity contribution is 0.0972. The van der Waals surface area contributed by atoms with Gasteiger partial charge in [0.05, 0.1) is 37.5 Å². The largest absolute Gasteiger partial charge is 0.507 e. The second kappa shape index (κ2) is 6.10. The van der Waals surface area contributed by atoms with Gasteiger partial charge in [0.25, 0.3) is 0 Å². The molecule has 3 rings (SSSR count). The van der Waals surface area contributed by atoms with Gasteiger partial charge < -0.3 is 24.4 Å². The maximum atomic E-state index is 12.9. The Hall–Kier alpha value is -3.06. The van der Waals surface area contributed by atoms with E-state index in [0.717, 1.165) is 6.07 Å².